The summed E-state index contributed by atoms with van der Waals surface area (Å²) in [6.45, 7) is 5.86. The van der Waals surface area contributed by atoms with Gasteiger partial charge in [-0.15, -0.1) is 0 Å². The van der Waals surface area contributed by atoms with Crippen LogP contribution in [0.2, 0.25) is 0 Å². The minimum absolute atomic E-state index is 0.0152. The smallest absolute Gasteiger partial charge is 0.374 e. The standard InChI is InChI=1S/C34H42O8S/c1-5-7-14-27(36)24(30-32(38)26-16-15-22(43)20-29(26)42-33(30)34(39)40-4)13-10-8-9-11-19-41-28-18-17-23(21(3)35)31(37)25(28)12-6-2/h10,13,16-18,20,24,27,36-37H,5-9,11-12,14-15,19H2,1-4H3/b13-10-/t24-,27-/m0/s1. The van der Waals surface area contributed by atoms with E-state index in [1.54, 1.807) is 30.4 Å². The van der Waals surface area contributed by atoms with Gasteiger partial charge in [0.15, 0.2) is 11.2 Å². The summed E-state index contributed by atoms with van der Waals surface area (Å²) in [5.41, 5.74) is 0.868. The van der Waals surface area contributed by atoms with Crippen molar-refractivity contribution < 1.29 is 33.7 Å². The van der Waals surface area contributed by atoms with Gasteiger partial charge >= 0.3 is 5.97 Å². The lowest BCUT2D eigenvalue weighted by molar-refractivity contribution is 0.0553. The minimum atomic E-state index is -0.903. The molecule has 43 heavy (non-hydrogen) atoms. The van der Waals surface area contributed by atoms with E-state index in [-0.39, 0.29) is 33.7 Å². The molecule has 2 atom stereocenters. The molecule has 1 heterocycles. The Balaban J connectivity index is 1.78. The molecule has 232 valence electrons. The zero-order valence-electron chi connectivity index (χ0n) is 25.4. The maximum atomic E-state index is 13.7. The number of aliphatic hydroxyl groups excluding tert-OH is 1. The van der Waals surface area contributed by atoms with E-state index in [0.717, 1.165) is 25.7 Å². The number of thiocarbonyl (C=S) groups is 1. The van der Waals surface area contributed by atoms with E-state index in [2.05, 4.69) is 0 Å². The maximum Gasteiger partial charge on any atom is 0.374 e. The van der Waals surface area contributed by atoms with Crippen LogP contribution in [-0.2, 0) is 11.2 Å². The van der Waals surface area contributed by atoms with Crippen LogP contribution in [0.25, 0.3) is 12.2 Å². The molecule has 2 aromatic rings. The molecule has 9 heteroatoms. The van der Waals surface area contributed by atoms with Crippen molar-refractivity contribution in [2.24, 2.45) is 0 Å². The summed E-state index contributed by atoms with van der Waals surface area (Å²) in [7, 11) is 1.22. The van der Waals surface area contributed by atoms with Gasteiger partial charge in [-0.2, -0.15) is 0 Å². The van der Waals surface area contributed by atoms with Gasteiger partial charge in [-0.1, -0.05) is 63.6 Å². The highest BCUT2D eigenvalue weighted by atomic mass is 32.1. The largest absolute Gasteiger partial charge is 0.507 e. The molecule has 0 spiro atoms. The van der Waals surface area contributed by atoms with Crippen LogP contribution >= 0.6 is 12.2 Å². The van der Waals surface area contributed by atoms with Crippen LogP contribution in [0.5, 0.6) is 11.5 Å². The molecule has 8 nitrogen and oxygen atoms in total. The monoisotopic (exact) mass is 610 g/mol. The fraction of sp³-hybridized carbons (Fsp3) is 0.471. The van der Waals surface area contributed by atoms with Crippen molar-refractivity contribution in [3.8, 4) is 11.5 Å². The van der Waals surface area contributed by atoms with E-state index < -0.39 is 18.0 Å². The first-order chi connectivity index (χ1) is 20.6. The molecule has 0 unspecified atom stereocenters. The summed E-state index contributed by atoms with van der Waals surface area (Å²) in [5, 5.41) is 22.1. The highest BCUT2D eigenvalue weighted by Gasteiger charge is 2.30. The summed E-state index contributed by atoms with van der Waals surface area (Å²) >= 11 is 5.25. The topological polar surface area (TPSA) is 123 Å². The number of aliphatic hydroxyl groups is 1. The van der Waals surface area contributed by atoms with Crippen molar-refractivity contribution in [1.82, 2.24) is 0 Å². The van der Waals surface area contributed by atoms with E-state index in [0.29, 0.717) is 65.7 Å². The van der Waals surface area contributed by atoms with Crippen LogP contribution in [-0.4, -0.2) is 46.7 Å². The minimum Gasteiger partial charge on any atom is -0.507 e. The molecule has 0 saturated heterocycles. The quantitative estimate of drug-likeness (QED) is 0.0882. The zero-order valence-corrected chi connectivity index (χ0v) is 26.3. The molecule has 0 aliphatic heterocycles. The molecule has 0 fully saturated rings. The number of unbranched alkanes of at least 4 members (excludes halogenated alkanes) is 3. The van der Waals surface area contributed by atoms with Crippen molar-refractivity contribution in [2.45, 2.75) is 90.6 Å². The average molecular weight is 611 g/mol. The first-order valence-electron chi connectivity index (χ1n) is 15.0. The van der Waals surface area contributed by atoms with Crippen LogP contribution < -0.4 is 20.8 Å². The molecular formula is C34H42O8S. The number of phenols is 1. The summed E-state index contributed by atoms with van der Waals surface area (Å²) in [4.78, 5) is 38.8. The second kappa shape index (κ2) is 16.3. The van der Waals surface area contributed by atoms with Gasteiger partial charge in [0.1, 0.15) is 16.9 Å². The molecule has 1 aliphatic carbocycles. The number of carbonyl (C=O) groups excluding carboxylic acids is 2. The van der Waals surface area contributed by atoms with Crippen LogP contribution in [0.3, 0.4) is 0 Å². The predicted octanol–water partition coefficient (Wildman–Crippen LogP) is 5.06. The van der Waals surface area contributed by atoms with Crippen LogP contribution in [0, 0.1) is 0 Å². The first kappa shape index (κ1) is 33.9. The second-order valence-electron chi connectivity index (χ2n) is 10.7. The number of esters is 1. The van der Waals surface area contributed by atoms with Gasteiger partial charge in [-0.3, -0.25) is 9.59 Å². The number of hydrogen-bond donors (Lipinski definition) is 2. The molecule has 1 aliphatic rings. The molecule has 2 N–H and O–H groups in total. The molecular weight excluding hydrogens is 568 g/mol. The van der Waals surface area contributed by atoms with Gasteiger partial charge in [0.05, 0.1) is 36.2 Å². The van der Waals surface area contributed by atoms with E-state index in [9.17, 15) is 24.6 Å². The molecule has 0 amide bonds. The Hall–Kier alpha value is -3.56. The maximum absolute atomic E-state index is 13.7. The van der Waals surface area contributed by atoms with E-state index in [4.69, 9.17) is 26.1 Å². The summed E-state index contributed by atoms with van der Waals surface area (Å²) in [6, 6.07) is 3.32. The number of methoxy groups -OCH3 is 1. The van der Waals surface area contributed by atoms with E-state index in [1.165, 1.54) is 14.0 Å². The summed E-state index contributed by atoms with van der Waals surface area (Å²) in [6.07, 6.45) is 12.1. The Labute approximate surface area is 257 Å². The number of carbonyl (C=O) groups is 2. The Morgan fingerprint density at radius 3 is 2.60 bits per heavy atom. The lowest BCUT2D eigenvalue weighted by atomic mass is 9.88. The molecule has 0 saturated carbocycles. The highest BCUT2D eigenvalue weighted by Crippen LogP contribution is 2.33. The van der Waals surface area contributed by atoms with Crippen molar-refractivity contribution >= 4 is 41.0 Å². The van der Waals surface area contributed by atoms with Crippen LogP contribution in [0.4, 0.5) is 0 Å². The van der Waals surface area contributed by atoms with Crippen molar-refractivity contribution in [2.75, 3.05) is 13.7 Å². The van der Waals surface area contributed by atoms with Crippen LogP contribution in [0.15, 0.2) is 33.5 Å². The predicted molar refractivity (Wildman–Crippen MR) is 171 cm³/mol. The van der Waals surface area contributed by atoms with E-state index >= 15 is 0 Å². The van der Waals surface area contributed by atoms with Gasteiger partial charge in [0, 0.05) is 22.8 Å². The number of fused-ring (bicyclic) bond motifs is 1. The Morgan fingerprint density at radius 1 is 1.16 bits per heavy atom. The molecule has 0 bridgehead atoms. The summed E-state index contributed by atoms with van der Waals surface area (Å²) < 4.78 is 16.8. The Bertz CT molecular complexity index is 1530. The molecule has 0 radical (unpaired) electrons. The van der Waals surface area contributed by atoms with Gasteiger partial charge in [0.2, 0.25) is 5.76 Å². The Kier molecular flexibility index (Phi) is 12.9. The second-order valence-corrected chi connectivity index (χ2v) is 11.2. The summed E-state index contributed by atoms with van der Waals surface area (Å²) in [5.74, 6) is -1.41. The number of ketones is 1. The normalized spacial score (nSPS) is 14.0. The number of aromatic hydroxyl groups is 1. The average Bonchev–Trinajstić information content (AvgIpc) is 2.98. The molecule has 3 rings (SSSR count). The van der Waals surface area contributed by atoms with Crippen LogP contribution in [0.1, 0.15) is 110 Å². The third-order valence-corrected chi connectivity index (χ3v) is 7.75. The fourth-order valence-corrected chi connectivity index (χ4v) is 5.35. The third kappa shape index (κ3) is 8.51. The number of hydrogen-bond acceptors (Lipinski definition) is 9. The third-order valence-electron chi connectivity index (χ3n) is 7.47. The fourth-order valence-electron chi connectivity index (χ4n) is 5.16. The van der Waals surface area contributed by atoms with Gasteiger partial charge in [-0.25, -0.2) is 4.79 Å². The number of allylic oxidation sites excluding steroid dienone is 1. The number of phenolic OH excluding ortho intramolecular Hbond substituents is 1. The van der Waals surface area contributed by atoms with Gasteiger partial charge < -0.3 is 24.1 Å². The van der Waals surface area contributed by atoms with Crippen molar-refractivity contribution in [3.63, 3.8) is 0 Å². The number of Topliss-reactive ketones (excluding diaryl/α,β-unsaturated/α-hetero) is 1. The van der Waals surface area contributed by atoms with Gasteiger partial charge in [0.25, 0.3) is 0 Å². The highest BCUT2D eigenvalue weighted by molar-refractivity contribution is 7.81. The lowest BCUT2D eigenvalue weighted by Gasteiger charge is -2.21. The lowest BCUT2D eigenvalue weighted by Crippen LogP contribution is -2.45. The first-order valence-corrected chi connectivity index (χ1v) is 15.4. The number of rotatable bonds is 16. The SMILES string of the molecule is CCCC[C@H](O)[C@H](/C=C\CCCCOc1ccc(C(C)=O)c(O)c1CCC)c1c(C(=O)OC)oc2c(c1=O)=CCC(=S)C=2. The number of ether oxygens (including phenoxy) is 2. The van der Waals surface area contributed by atoms with Crippen molar-refractivity contribution in [1.29, 1.82) is 0 Å². The molecule has 1 aromatic carbocycles. The number of benzene rings is 1. The van der Waals surface area contributed by atoms with E-state index in [1.807, 2.05) is 19.9 Å². The zero-order chi connectivity index (χ0) is 31.5. The Morgan fingerprint density at radius 2 is 1.93 bits per heavy atom. The van der Waals surface area contributed by atoms with Gasteiger partial charge in [-0.05, 0) is 57.2 Å². The molecule has 1 aromatic heterocycles. The van der Waals surface area contributed by atoms with Crippen molar-refractivity contribution in [3.05, 3.63) is 67.6 Å².